The molecule has 0 saturated heterocycles. The number of aromatic nitrogens is 3. The highest BCUT2D eigenvalue weighted by atomic mass is 15.3. The highest BCUT2D eigenvalue weighted by Gasteiger charge is 2.09. The average Bonchev–Trinajstić information content (AvgIpc) is 3.12. The van der Waals surface area contributed by atoms with E-state index in [0.717, 1.165) is 44.4 Å². The maximum Gasteiger partial charge on any atom is 0.191 e. The van der Waals surface area contributed by atoms with Crippen LogP contribution in [0.3, 0.4) is 0 Å². The van der Waals surface area contributed by atoms with Crippen LogP contribution in [0.4, 0.5) is 0 Å². The first kappa shape index (κ1) is 20.9. The van der Waals surface area contributed by atoms with Gasteiger partial charge in [0.25, 0.3) is 0 Å². The Morgan fingerprint density at radius 3 is 2.63 bits per heavy atom. The lowest BCUT2D eigenvalue weighted by atomic mass is 10.1. The topological polar surface area (TPSA) is 70.4 Å². The van der Waals surface area contributed by atoms with Crippen LogP contribution in [0, 0.1) is 0 Å². The lowest BCUT2D eigenvalue weighted by molar-refractivity contribution is 0.265. The molecule has 0 saturated carbocycles. The summed E-state index contributed by atoms with van der Waals surface area (Å²) in [4.78, 5) is 6.67. The summed E-state index contributed by atoms with van der Waals surface area (Å²) < 4.78 is 2.07. The normalized spacial score (nSPS) is 12.0. The second kappa shape index (κ2) is 10.7. The van der Waals surface area contributed by atoms with E-state index in [1.807, 2.05) is 0 Å². The Kier molecular flexibility index (Phi) is 8.26. The molecule has 0 amide bonds. The first-order valence-electron chi connectivity index (χ1n) is 9.63. The van der Waals surface area contributed by atoms with Gasteiger partial charge in [0.15, 0.2) is 5.96 Å². The maximum atomic E-state index is 4.33. The Bertz CT molecular complexity index is 721. The van der Waals surface area contributed by atoms with E-state index in [1.54, 1.807) is 13.4 Å². The first-order valence-corrected chi connectivity index (χ1v) is 9.63. The molecule has 1 aromatic carbocycles. The van der Waals surface area contributed by atoms with E-state index in [4.69, 9.17) is 0 Å². The summed E-state index contributed by atoms with van der Waals surface area (Å²) in [6, 6.07) is 9.08. The van der Waals surface area contributed by atoms with Crippen molar-refractivity contribution >= 4 is 5.96 Å². The van der Waals surface area contributed by atoms with Gasteiger partial charge in [-0.15, -0.1) is 10.2 Å². The van der Waals surface area contributed by atoms with Crippen molar-refractivity contribution in [3.63, 3.8) is 0 Å². The van der Waals surface area contributed by atoms with Crippen molar-refractivity contribution < 1.29 is 0 Å². The van der Waals surface area contributed by atoms with Crippen LogP contribution in [0.25, 0.3) is 0 Å². The molecule has 0 bridgehead atoms. The average molecular weight is 372 g/mol. The fraction of sp³-hybridized carbons (Fsp3) is 0.550. The number of nitrogens with one attached hydrogen (secondary N) is 2. The molecule has 0 atom stereocenters. The van der Waals surface area contributed by atoms with E-state index in [9.17, 15) is 0 Å². The van der Waals surface area contributed by atoms with Crippen molar-refractivity contribution in [3.8, 4) is 0 Å². The largest absolute Gasteiger partial charge is 0.355 e. The van der Waals surface area contributed by atoms with Gasteiger partial charge in [0, 0.05) is 45.7 Å². The molecule has 1 heterocycles. The Labute approximate surface area is 162 Å². The van der Waals surface area contributed by atoms with Gasteiger partial charge in [-0.2, -0.15) is 0 Å². The molecule has 7 heteroatoms. The van der Waals surface area contributed by atoms with Crippen LogP contribution in [-0.4, -0.2) is 52.3 Å². The number of rotatable bonds is 9. The molecule has 1 aromatic heterocycles. The van der Waals surface area contributed by atoms with Crippen LogP contribution < -0.4 is 10.6 Å². The van der Waals surface area contributed by atoms with Gasteiger partial charge in [-0.3, -0.25) is 9.89 Å². The minimum absolute atomic E-state index is 0.520. The van der Waals surface area contributed by atoms with Gasteiger partial charge in [-0.05, 0) is 32.0 Å². The van der Waals surface area contributed by atoms with Crippen LogP contribution in [0.15, 0.2) is 35.6 Å². The third-order valence-electron chi connectivity index (χ3n) is 4.75. The minimum atomic E-state index is 0.520. The predicted molar refractivity (Wildman–Crippen MR) is 111 cm³/mol. The van der Waals surface area contributed by atoms with Crippen molar-refractivity contribution in [3.05, 3.63) is 47.5 Å². The monoisotopic (exact) mass is 371 g/mol. The summed E-state index contributed by atoms with van der Waals surface area (Å²) in [5.41, 5.74) is 2.63. The molecule has 0 aliphatic rings. The number of hydrogen-bond acceptors (Lipinski definition) is 4. The van der Waals surface area contributed by atoms with Crippen molar-refractivity contribution in [1.82, 2.24) is 30.3 Å². The van der Waals surface area contributed by atoms with E-state index in [1.165, 1.54) is 11.1 Å². The van der Waals surface area contributed by atoms with E-state index in [0.29, 0.717) is 6.04 Å². The standard InChI is InChI=1S/C20H33N7/c1-6-19-25-24-15-27(19)12-11-22-20(21-4)23-13-17-9-7-8-10-18(17)14-26(5)16(2)3/h7-10,15-16H,6,11-14H2,1-5H3,(H2,21,22,23). The van der Waals surface area contributed by atoms with Crippen LogP contribution in [-0.2, 0) is 26.1 Å². The SMILES string of the molecule is CCc1nncn1CCNC(=NC)NCc1ccccc1CN(C)C(C)C. The number of hydrogen-bond donors (Lipinski definition) is 2. The van der Waals surface area contributed by atoms with Crippen LogP contribution >= 0.6 is 0 Å². The van der Waals surface area contributed by atoms with Gasteiger partial charge in [-0.1, -0.05) is 31.2 Å². The van der Waals surface area contributed by atoms with Crippen molar-refractivity contribution in [2.75, 3.05) is 20.6 Å². The Hall–Kier alpha value is -2.41. The van der Waals surface area contributed by atoms with Crippen LogP contribution in [0.5, 0.6) is 0 Å². The summed E-state index contributed by atoms with van der Waals surface area (Å²) in [6.07, 6.45) is 2.66. The predicted octanol–water partition coefficient (Wildman–Crippen LogP) is 2.05. The van der Waals surface area contributed by atoms with E-state index >= 15 is 0 Å². The summed E-state index contributed by atoms with van der Waals surface area (Å²) in [6.45, 7) is 9.78. The fourth-order valence-electron chi connectivity index (χ4n) is 2.77. The molecule has 2 N–H and O–H groups in total. The number of aliphatic imine (C=N–C) groups is 1. The second-order valence-electron chi connectivity index (χ2n) is 6.92. The molecule has 27 heavy (non-hydrogen) atoms. The van der Waals surface area contributed by atoms with Crippen LogP contribution in [0.1, 0.15) is 37.7 Å². The molecule has 148 valence electrons. The Balaban J connectivity index is 1.87. The van der Waals surface area contributed by atoms with Gasteiger partial charge in [0.1, 0.15) is 12.2 Å². The highest BCUT2D eigenvalue weighted by Crippen LogP contribution is 2.12. The third kappa shape index (κ3) is 6.36. The van der Waals surface area contributed by atoms with E-state index < -0.39 is 0 Å². The highest BCUT2D eigenvalue weighted by molar-refractivity contribution is 5.79. The van der Waals surface area contributed by atoms with Gasteiger partial charge in [0.2, 0.25) is 0 Å². The molecular weight excluding hydrogens is 338 g/mol. The van der Waals surface area contributed by atoms with Crippen molar-refractivity contribution in [1.29, 1.82) is 0 Å². The fourth-order valence-corrected chi connectivity index (χ4v) is 2.77. The van der Waals surface area contributed by atoms with Crippen molar-refractivity contribution in [2.24, 2.45) is 4.99 Å². The zero-order valence-corrected chi connectivity index (χ0v) is 17.2. The molecule has 0 spiro atoms. The second-order valence-corrected chi connectivity index (χ2v) is 6.92. The van der Waals surface area contributed by atoms with Gasteiger partial charge >= 0.3 is 0 Å². The van der Waals surface area contributed by atoms with E-state index in [-0.39, 0.29) is 0 Å². The minimum Gasteiger partial charge on any atom is -0.355 e. The molecule has 2 aromatic rings. The summed E-state index contributed by atoms with van der Waals surface area (Å²) in [5, 5.41) is 14.9. The quantitative estimate of drug-likeness (QED) is 0.521. The third-order valence-corrected chi connectivity index (χ3v) is 4.75. The zero-order chi connectivity index (χ0) is 19.6. The smallest absolute Gasteiger partial charge is 0.191 e. The zero-order valence-electron chi connectivity index (χ0n) is 17.2. The molecule has 2 rings (SSSR count). The summed E-state index contributed by atoms with van der Waals surface area (Å²) >= 11 is 0. The number of benzene rings is 1. The van der Waals surface area contributed by atoms with Gasteiger partial charge < -0.3 is 15.2 Å². The molecule has 0 aliphatic heterocycles. The summed E-state index contributed by atoms with van der Waals surface area (Å²) in [7, 11) is 3.95. The lowest BCUT2D eigenvalue weighted by Crippen LogP contribution is -2.38. The Morgan fingerprint density at radius 2 is 1.96 bits per heavy atom. The number of aryl methyl sites for hydroxylation is 1. The summed E-state index contributed by atoms with van der Waals surface area (Å²) in [5.74, 6) is 1.80. The first-order chi connectivity index (χ1) is 13.0. The number of nitrogens with zero attached hydrogens (tertiary/aromatic N) is 5. The van der Waals surface area contributed by atoms with E-state index in [2.05, 4.69) is 87.4 Å². The molecule has 7 nitrogen and oxygen atoms in total. The number of guanidine groups is 1. The van der Waals surface area contributed by atoms with Gasteiger partial charge in [0.05, 0.1) is 0 Å². The van der Waals surface area contributed by atoms with Gasteiger partial charge in [-0.25, -0.2) is 0 Å². The molecule has 0 aliphatic carbocycles. The molecule has 0 radical (unpaired) electrons. The molecule has 0 fully saturated rings. The molecule has 0 unspecified atom stereocenters. The Morgan fingerprint density at radius 1 is 1.22 bits per heavy atom. The molecular formula is C20H33N7. The maximum absolute atomic E-state index is 4.33. The lowest BCUT2D eigenvalue weighted by Gasteiger charge is -2.23. The van der Waals surface area contributed by atoms with Crippen molar-refractivity contribution in [2.45, 2.75) is 52.9 Å². The van der Waals surface area contributed by atoms with Crippen LogP contribution in [0.2, 0.25) is 0 Å².